The zero-order valence-electron chi connectivity index (χ0n) is 8.86. The van der Waals surface area contributed by atoms with Gasteiger partial charge in [0.15, 0.2) is 10.6 Å². The molecular formula is C7H4ClF3O6S2. The molecule has 6 nitrogen and oxygen atoms in total. The molecule has 0 N–H and O–H groups in total. The maximum atomic E-state index is 12.1. The summed E-state index contributed by atoms with van der Waals surface area (Å²) in [6.07, 6.45) is -5.09. The Hall–Kier alpha value is -1.20. The number of ether oxygens (including phenoxy) is 2. The summed E-state index contributed by atoms with van der Waals surface area (Å²) in [5.41, 5.74) is 0. The number of carbonyl (C=O) groups excluding carboxylic acids is 1. The SMILES string of the molecule is COC(=O)c1scc(OC(F)(F)F)c1OS(=O)(=O)Cl. The summed E-state index contributed by atoms with van der Waals surface area (Å²) in [5, 5.41) is 0.733. The van der Waals surface area contributed by atoms with Crippen molar-refractivity contribution in [3.63, 3.8) is 0 Å². The first kappa shape index (κ1) is 15.9. The maximum Gasteiger partial charge on any atom is 0.573 e. The van der Waals surface area contributed by atoms with Crippen LogP contribution < -0.4 is 8.92 Å². The summed E-state index contributed by atoms with van der Waals surface area (Å²) in [6.45, 7) is 0. The van der Waals surface area contributed by atoms with Crippen molar-refractivity contribution in [3.8, 4) is 11.5 Å². The number of halogens is 4. The van der Waals surface area contributed by atoms with E-state index in [-0.39, 0.29) is 0 Å². The quantitative estimate of drug-likeness (QED) is 0.618. The average Bonchev–Trinajstić information content (AvgIpc) is 2.56. The lowest BCUT2D eigenvalue weighted by atomic mass is 10.4. The summed E-state index contributed by atoms with van der Waals surface area (Å²) in [4.78, 5) is 10.7. The van der Waals surface area contributed by atoms with E-state index >= 15 is 0 Å². The molecule has 0 bridgehead atoms. The molecule has 0 unspecified atom stereocenters. The minimum absolute atomic E-state index is 0.443. The third-order valence-corrected chi connectivity index (χ3v) is 2.97. The largest absolute Gasteiger partial charge is 0.573 e. The van der Waals surface area contributed by atoms with E-state index in [1.807, 2.05) is 0 Å². The van der Waals surface area contributed by atoms with Gasteiger partial charge in [-0.05, 0) is 0 Å². The van der Waals surface area contributed by atoms with Crippen LogP contribution in [0.15, 0.2) is 5.38 Å². The first-order valence-corrected chi connectivity index (χ1v) is 7.24. The Labute approximate surface area is 113 Å². The highest BCUT2D eigenvalue weighted by atomic mass is 35.7. The van der Waals surface area contributed by atoms with Crippen LogP contribution >= 0.6 is 22.0 Å². The van der Waals surface area contributed by atoms with Crippen molar-refractivity contribution in [1.82, 2.24) is 0 Å². The molecule has 108 valence electrons. The number of esters is 1. The van der Waals surface area contributed by atoms with E-state index in [0.29, 0.717) is 11.3 Å². The fourth-order valence-electron chi connectivity index (χ4n) is 0.938. The van der Waals surface area contributed by atoms with Crippen LogP contribution in [0, 0.1) is 0 Å². The molecule has 0 radical (unpaired) electrons. The van der Waals surface area contributed by atoms with E-state index in [2.05, 4.69) is 13.7 Å². The van der Waals surface area contributed by atoms with Crippen molar-refractivity contribution < 1.29 is 40.0 Å². The van der Waals surface area contributed by atoms with Gasteiger partial charge in [0.25, 0.3) is 0 Å². The highest BCUT2D eigenvalue weighted by Gasteiger charge is 2.36. The third kappa shape index (κ3) is 4.76. The molecule has 0 saturated carbocycles. The van der Waals surface area contributed by atoms with Crippen LogP contribution in [0.1, 0.15) is 9.67 Å². The molecule has 1 aromatic rings. The predicted octanol–water partition coefficient (Wildman–Crippen LogP) is 2.30. The Morgan fingerprint density at radius 1 is 1.42 bits per heavy atom. The number of methoxy groups -OCH3 is 1. The summed E-state index contributed by atoms with van der Waals surface area (Å²) in [5.74, 6) is -3.09. The van der Waals surface area contributed by atoms with Gasteiger partial charge in [-0.2, -0.15) is 8.42 Å². The van der Waals surface area contributed by atoms with Crippen LogP contribution in [-0.4, -0.2) is 27.9 Å². The lowest BCUT2D eigenvalue weighted by molar-refractivity contribution is -0.274. The van der Waals surface area contributed by atoms with E-state index < -0.39 is 38.0 Å². The van der Waals surface area contributed by atoms with Gasteiger partial charge in [0.2, 0.25) is 5.75 Å². The van der Waals surface area contributed by atoms with Crippen LogP contribution in [0.3, 0.4) is 0 Å². The molecule has 0 aliphatic rings. The number of thiophene rings is 1. The molecule has 0 fully saturated rings. The van der Waals surface area contributed by atoms with E-state index in [4.69, 9.17) is 10.7 Å². The summed E-state index contributed by atoms with van der Waals surface area (Å²) >= 11 is 0.443. The molecule has 0 amide bonds. The molecule has 1 aromatic heterocycles. The van der Waals surface area contributed by atoms with E-state index in [0.717, 1.165) is 12.5 Å². The number of rotatable bonds is 4. The van der Waals surface area contributed by atoms with Crippen molar-refractivity contribution in [1.29, 1.82) is 0 Å². The van der Waals surface area contributed by atoms with Crippen LogP contribution in [0.5, 0.6) is 11.5 Å². The molecule has 19 heavy (non-hydrogen) atoms. The summed E-state index contributed by atoms with van der Waals surface area (Å²) in [6, 6.07) is 0. The Bertz CT molecular complexity index is 578. The van der Waals surface area contributed by atoms with Gasteiger partial charge in [0, 0.05) is 5.38 Å². The fraction of sp³-hybridized carbons (Fsp3) is 0.286. The third-order valence-electron chi connectivity index (χ3n) is 1.49. The standard InChI is InChI=1S/C7H4ClF3O6S2/c1-15-6(12)5-4(17-19(8,13)14)3(2-18-5)16-7(9,10)11/h2H,1H3. The fourth-order valence-corrected chi connectivity index (χ4v) is 2.35. The molecule has 0 aliphatic carbocycles. The second-order valence-electron chi connectivity index (χ2n) is 2.77. The number of hydrogen-bond acceptors (Lipinski definition) is 7. The van der Waals surface area contributed by atoms with Crippen LogP contribution in [0.2, 0.25) is 0 Å². The topological polar surface area (TPSA) is 78.9 Å². The first-order valence-electron chi connectivity index (χ1n) is 4.13. The lowest BCUT2D eigenvalue weighted by Crippen LogP contribution is -2.18. The van der Waals surface area contributed by atoms with E-state index in [9.17, 15) is 26.4 Å². The predicted molar refractivity (Wildman–Crippen MR) is 57.7 cm³/mol. The first-order chi connectivity index (χ1) is 8.53. The Kier molecular flexibility index (Phi) is 4.53. The minimum Gasteiger partial charge on any atom is -0.465 e. The lowest BCUT2D eigenvalue weighted by Gasteiger charge is -2.09. The van der Waals surface area contributed by atoms with Crippen LogP contribution in [0.25, 0.3) is 0 Å². The van der Waals surface area contributed by atoms with Crippen molar-refractivity contribution >= 4 is 37.3 Å². The molecule has 0 saturated heterocycles. The van der Waals surface area contributed by atoms with E-state index in [1.54, 1.807) is 0 Å². The average molecular weight is 341 g/mol. The zero-order chi connectivity index (χ0) is 14.8. The second kappa shape index (κ2) is 5.43. The van der Waals surface area contributed by atoms with Crippen molar-refractivity contribution in [2.24, 2.45) is 0 Å². The number of carbonyl (C=O) groups is 1. The molecule has 0 aliphatic heterocycles. The van der Waals surface area contributed by atoms with E-state index in [1.165, 1.54) is 0 Å². The zero-order valence-corrected chi connectivity index (χ0v) is 11.2. The van der Waals surface area contributed by atoms with Gasteiger partial charge in [-0.3, -0.25) is 0 Å². The van der Waals surface area contributed by atoms with Crippen molar-refractivity contribution in [2.45, 2.75) is 6.36 Å². The molecule has 1 rings (SSSR count). The van der Waals surface area contributed by atoms with Gasteiger partial charge in [-0.15, -0.1) is 24.5 Å². The number of alkyl halides is 3. The molecular weight excluding hydrogens is 337 g/mol. The molecule has 1 heterocycles. The minimum atomic E-state index is -5.09. The van der Waals surface area contributed by atoms with Crippen molar-refractivity contribution in [2.75, 3.05) is 7.11 Å². The molecule has 0 aromatic carbocycles. The molecule has 12 heteroatoms. The van der Waals surface area contributed by atoms with Gasteiger partial charge in [0.05, 0.1) is 17.8 Å². The Balaban J connectivity index is 3.25. The van der Waals surface area contributed by atoms with Gasteiger partial charge in [-0.25, -0.2) is 4.79 Å². The van der Waals surface area contributed by atoms with Gasteiger partial charge in [-0.1, -0.05) is 0 Å². The molecule has 0 spiro atoms. The normalized spacial score (nSPS) is 12.1. The smallest absolute Gasteiger partial charge is 0.465 e. The summed E-state index contributed by atoms with van der Waals surface area (Å²) < 4.78 is 69.6. The van der Waals surface area contributed by atoms with Gasteiger partial charge >= 0.3 is 21.7 Å². The monoisotopic (exact) mass is 340 g/mol. The van der Waals surface area contributed by atoms with Crippen molar-refractivity contribution in [3.05, 3.63) is 10.3 Å². The second-order valence-corrected chi connectivity index (χ2v) is 5.74. The highest BCUT2D eigenvalue weighted by molar-refractivity contribution is 8.10. The van der Waals surface area contributed by atoms with Gasteiger partial charge in [0.1, 0.15) is 0 Å². The maximum absolute atomic E-state index is 12.1. The molecule has 0 atom stereocenters. The van der Waals surface area contributed by atoms with Crippen LogP contribution in [-0.2, 0) is 14.1 Å². The Morgan fingerprint density at radius 2 is 2.00 bits per heavy atom. The van der Waals surface area contributed by atoms with Gasteiger partial charge < -0.3 is 13.7 Å². The van der Waals surface area contributed by atoms with Crippen LogP contribution in [0.4, 0.5) is 13.2 Å². The Morgan fingerprint density at radius 3 is 2.42 bits per heavy atom. The summed E-state index contributed by atoms with van der Waals surface area (Å²) in [7, 11) is 1.04. The highest BCUT2D eigenvalue weighted by Crippen LogP contribution is 2.41. The number of hydrogen-bond donors (Lipinski definition) is 0.